The number of alkyl carbamates (subject to hydrolysis) is 1. The first-order valence-electron chi connectivity index (χ1n) is 10.0. The van der Waals surface area contributed by atoms with Crippen LogP contribution in [0.3, 0.4) is 0 Å². The Morgan fingerprint density at radius 2 is 2.03 bits per heavy atom. The Morgan fingerprint density at radius 1 is 1.24 bits per heavy atom. The summed E-state index contributed by atoms with van der Waals surface area (Å²) in [6.07, 6.45) is 4.05. The molecular formula is C23H30N2O4. The van der Waals surface area contributed by atoms with Crippen molar-refractivity contribution >= 4 is 6.09 Å². The lowest BCUT2D eigenvalue weighted by molar-refractivity contribution is 0.0500. The van der Waals surface area contributed by atoms with Gasteiger partial charge < -0.3 is 19.5 Å². The maximum Gasteiger partial charge on any atom is 0.407 e. The van der Waals surface area contributed by atoms with Gasteiger partial charge in [0, 0.05) is 35.6 Å². The van der Waals surface area contributed by atoms with Crippen LogP contribution in [0, 0.1) is 5.92 Å². The lowest BCUT2D eigenvalue weighted by Crippen LogP contribution is -2.38. The molecule has 0 fully saturated rings. The summed E-state index contributed by atoms with van der Waals surface area (Å²) >= 11 is 0. The van der Waals surface area contributed by atoms with E-state index in [1.54, 1.807) is 6.20 Å². The average Bonchev–Trinajstić information content (AvgIpc) is 2.64. The van der Waals surface area contributed by atoms with Gasteiger partial charge in [0.25, 0.3) is 0 Å². The predicted molar refractivity (Wildman–Crippen MR) is 112 cm³/mol. The molecule has 1 amide bonds. The van der Waals surface area contributed by atoms with Crippen LogP contribution < -0.4 is 14.8 Å². The highest BCUT2D eigenvalue weighted by molar-refractivity contribution is 5.75. The molecule has 2 atom stereocenters. The number of carbonyl (C=O) groups is 1. The van der Waals surface area contributed by atoms with Crippen LogP contribution in [0.4, 0.5) is 4.79 Å². The van der Waals surface area contributed by atoms with Crippen molar-refractivity contribution < 1.29 is 19.0 Å². The van der Waals surface area contributed by atoms with Gasteiger partial charge in [-0.3, -0.25) is 4.98 Å². The van der Waals surface area contributed by atoms with Gasteiger partial charge in [0.2, 0.25) is 0 Å². The van der Waals surface area contributed by atoms with Crippen LogP contribution in [-0.2, 0) is 11.3 Å². The number of ether oxygens (including phenoxy) is 3. The summed E-state index contributed by atoms with van der Waals surface area (Å²) in [5.41, 5.74) is 2.81. The van der Waals surface area contributed by atoms with Gasteiger partial charge >= 0.3 is 6.09 Å². The highest BCUT2D eigenvalue weighted by Crippen LogP contribution is 2.39. The normalized spacial score (nSPS) is 14.7. The zero-order valence-electron chi connectivity index (χ0n) is 17.8. The first-order chi connectivity index (χ1) is 13.7. The second kappa shape index (κ2) is 8.72. The van der Waals surface area contributed by atoms with Crippen LogP contribution in [0.15, 0.2) is 36.7 Å². The van der Waals surface area contributed by atoms with E-state index >= 15 is 0 Å². The largest absolute Gasteiger partial charge is 0.493 e. The molecule has 0 aliphatic carbocycles. The standard InChI is InChI=1S/C23H30N2O4/c1-15(10-16(2)25-22(26)29-23(3,4)5)13-27-18-6-7-20-19-8-9-24-12-17(19)14-28-21(20)11-18/h6-9,11-12,15-16H,10,13-14H2,1-5H3,(H,25,26). The van der Waals surface area contributed by atoms with E-state index in [0.29, 0.717) is 13.2 Å². The number of hydrogen-bond acceptors (Lipinski definition) is 5. The number of benzene rings is 1. The fourth-order valence-electron chi connectivity index (χ4n) is 3.37. The van der Waals surface area contributed by atoms with Gasteiger partial charge in [0.05, 0.1) is 6.61 Å². The number of rotatable bonds is 6. The van der Waals surface area contributed by atoms with Crippen LogP contribution in [-0.4, -0.2) is 29.3 Å². The zero-order valence-corrected chi connectivity index (χ0v) is 17.8. The van der Waals surface area contributed by atoms with Crippen LogP contribution in [0.25, 0.3) is 11.1 Å². The van der Waals surface area contributed by atoms with Crippen LogP contribution in [0.2, 0.25) is 0 Å². The topological polar surface area (TPSA) is 69.7 Å². The molecule has 0 radical (unpaired) electrons. The maximum absolute atomic E-state index is 11.9. The Hall–Kier alpha value is -2.76. The van der Waals surface area contributed by atoms with Crippen molar-refractivity contribution in [3.05, 3.63) is 42.2 Å². The highest BCUT2D eigenvalue weighted by Gasteiger charge is 2.20. The van der Waals surface area contributed by atoms with Gasteiger partial charge in [-0.05, 0) is 63.8 Å². The maximum atomic E-state index is 11.9. The van der Waals surface area contributed by atoms with E-state index in [4.69, 9.17) is 14.2 Å². The van der Waals surface area contributed by atoms with Gasteiger partial charge in [-0.2, -0.15) is 0 Å². The van der Waals surface area contributed by atoms with Crippen LogP contribution >= 0.6 is 0 Å². The van der Waals surface area contributed by atoms with Crippen molar-refractivity contribution in [1.82, 2.24) is 10.3 Å². The molecule has 1 aliphatic heterocycles. The van der Waals surface area contributed by atoms with Crippen molar-refractivity contribution in [2.45, 2.75) is 59.3 Å². The minimum Gasteiger partial charge on any atom is -0.493 e. The van der Waals surface area contributed by atoms with Gasteiger partial charge in [-0.15, -0.1) is 0 Å². The van der Waals surface area contributed by atoms with E-state index in [-0.39, 0.29) is 18.1 Å². The molecule has 1 aromatic carbocycles. The van der Waals surface area contributed by atoms with E-state index in [0.717, 1.165) is 34.6 Å². The molecule has 1 aliphatic rings. The van der Waals surface area contributed by atoms with Gasteiger partial charge in [-0.25, -0.2) is 4.79 Å². The lowest BCUT2D eigenvalue weighted by Gasteiger charge is -2.24. The Balaban J connectivity index is 1.51. The minimum absolute atomic E-state index is 0.000396. The molecule has 156 valence electrons. The van der Waals surface area contributed by atoms with Crippen molar-refractivity contribution in [3.63, 3.8) is 0 Å². The number of carbonyl (C=O) groups excluding carboxylic acids is 1. The summed E-state index contributed by atoms with van der Waals surface area (Å²) in [5.74, 6) is 1.87. The van der Waals surface area contributed by atoms with Crippen molar-refractivity contribution in [2.24, 2.45) is 5.92 Å². The predicted octanol–water partition coefficient (Wildman–Crippen LogP) is 4.96. The summed E-state index contributed by atoms with van der Waals surface area (Å²) in [6, 6.07) is 7.94. The summed E-state index contributed by atoms with van der Waals surface area (Å²) in [4.78, 5) is 16.0. The molecule has 6 heteroatoms. The molecule has 1 N–H and O–H groups in total. The molecule has 2 unspecified atom stereocenters. The van der Waals surface area contributed by atoms with E-state index in [9.17, 15) is 4.79 Å². The zero-order chi connectivity index (χ0) is 21.0. The van der Waals surface area contributed by atoms with Crippen molar-refractivity contribution in [2.75, 3.05) is 6.61 Å². The van der Waals surface area contributed by atoms with Crippen LogP contribution in [0.5, 0.6) is 11.5 Å². The Kier molecular flexibility index (Phi) is 6.30. The van der Waals surface area contributed by atoms with Crippen molar-refractivity contribution in [3.8, 4) is 22.6 Å². The monoisotopic (exact) mass is 398 g/mol. The Morgan fingerprint density at radius 3 is 2.79 bits per heavy atom. The number of nitrogens with one attached hydrogen (secondary N) is 1. The van der Waals surface area contributed by atoms with Crippen LogP contribution in [0.1, 0.15) is 46.6 Å². The Bertz CT molecular complexity index is 860. The lowest BCUT2D eigenvalue weighted by atomic mass is 9.99. The molecule has 0 saturated carbocycles. The van der Waals surface area contributed by atoms with Gasteiger partial charge in [-0.1, -0.05) is 6.92 Å². The average molecular weight is 399 g/mol. The number of fused-ring (bicyclic) bond motifs is 3. The second-order valence-corrected chi connectivity index (χ2v) is 8.68. The minimum atomic E-state index is -0.496. The summed E-state index contributed by atoms with van der Waals surface area (Å²) in [7, 11) is 0. The third kappa shape index (κ3) is 5.86. The number of hydrogen-bond donors (Lipinski definition) is 1. The number of nitrogens with zero attached hydrogens (tertiary/aromatic N) is 1. The summed E-state index contributed by atoms with van der Waals surface area (Å²) < 4.78 is 17.1. The quantitative estimate of drug-likeness (QED) is 0.745. The molecule has 0 bridgehead atoms. The molecule has 29 heavy (non-hydrogen) atoms. The molecule has 2 heterocycles. The molecule has 6 nitrogen and oxygen atoms in total. The van der Waals surface area contributed by atoms with Gasteiger partial charge in [0.15, 0.2) is 0 Å². The van der Waals surface area contributed by atoms with Crippen molar-refractivity contribution in [1.29, 1.82) is 0 Å². The Labute approximate surface area is 172 Å². The van der Waals surface area contributed by atoms with E-state index in [2.05, 4.69) is 17.2 Å². The summed E-state index contributed by atoms with van der Waals surface area (Å²) in [6.45, 7) is 10.7. The highest BCUT2D eigenvalue weighted by atomic mass is 16.6. The van der Waals surface area contributed by atoms with Gasteiger partial charge in [0.1, 0.15) is 23.7 Å². The third-order valence-electron chi connectivity index (χ3n) is 4.58. The number of pyridine rings is 1. The molecule has 0 saturated heterocycles. The third-order valence-corrected chi connectivity index (χ3v) is 4.58. The van der Waals surface area contributed by atoms with E-state index in [1.165, 1.54) is 0 Å². The fourth-order valence-corrected chi connectivity index (χ4v) is 3.37. The summed E-state index contributed by atoms with van der Waals surface area (Å²) in [5, 5.41) is 2.87. The first-order valence-corrected chi connectivity index (χ1v) is 10.0. The molecule has 1 aromatic heterocycles. The second-order valence-electron chi connectivity index (χ2n) is 8.68. The van der Waals surface area contributed by atoms with E-state index in [1.807, 2.05) is 58.2 Å². The molecule has 0 spiro atoms. The van der Waals surface area contributed by atoms with E-state index < -0.39 is 5.60 Å². The molecule has 3 rings (SSSR count). The smallest absolute Gasteiger partial charge is 0.407 e. The first kappa shape index (κ1) is 21.0. The molecule has 2 aromatic rings. The molecular weight excluding hydrogens is 368 g/mol. The number of aromatic nitrogens is 1. The number of amides is 1. The SMILES string of the molecule is CC(COc1ccc2c(c1)OCc1cnccc1-2)CC(C)NC(=O)OC(C)(C)C. The fraction of sp³-hybridized carbons (Fsp3) is 0.478.